The summed E-state index contributed by atoms with van der Waals surface area (Å²) in [5.74, 6) is -9.49. The average Bonchev–Trinajstić information content (AvgIpc) is 2.40. The molecular weight excluding hydrogens is 333 g/mol. The number of carbonyl (C=O) groups excluding carboxylic acids is 2. The molecule has 0 heterocycles. The Kier molecular flexibility index (Phi) is 5.49. The fourth-order valence-electron chi connectivity index (χ4n) is 1.34. The second-order valence-electron chi connectivity index (χ2n) is 3.82. The van der Waals surface area contributed by atoms with Crippen molar-refractivity contribution in [3.8, 4) is 5.75 Å². The van der Waals surface area contributed by atoms with Crippen molar-refractivity contribution in [1.82, 2.24) is 0 Å². The van der Waals surface area contributed by atoms with Crippen molar-refractivity contribution in [3.63, 3.8) is 0 Å². The molecule has 1 aromatic rings. The Hall–Kier alpha value is -2.14. The maximum Gasteiger partial charge on any atom is 0.311 e. The number of carbonyl (C=O) groups is 2. The molecule has 0 saturated heterocycles. The fraction of sp³-hybridized carbons (Fsp3) is 0.273. The highest BCUT2D eigenvalue weighted by atomic mass is 32.2. The van der Waals surface area contributed by atoms with Gasteiger partial charge in [0.15, 0.2) is 11.6 Å². The Morgan fingerprint density at radius 2 is 1.68 bits per heavy atom. The second-order valence-corrected chi connectivity index (χ2v) is 5.13. The van der Waals surface area contributed by atoms with Crippen LogP contribution in [0.15, 0.2) is 11.0 Å². The van der Waals surface area contributed by atoms with Crippen molar-refractivity contribution >= 4 is 22.1 Å². The van der Waals surface area contributed by atoms with Gasteiger partial charge in [-0.3, -0.25) is 9.59 Å². The van der Waals surface area contributed by atoms with Gasteiger partial charge < -0.3 is 14.0 Å². The van der Waals surface area contributed by atoms with Crippen LogP contribution in [0.25, 0.3) is 0 Å². The van der Waals surface area contributed by atoms with Crippen LogP contribution in [0.3, 0.4) is 0 Å². The monoisotopic (exact) mass is 341 g/mol. The third-order valence-corrected chi connectivity index (χ3v) is 3.19. The molecular formula is C11H8F3O7S-. The van der Waals surface area contributed by atoms with E-state index < -0.39 is 63.0 Å². The van der Waals surface area contributed by atoms with E-state index in [-0.39, 0.29) is 6.07 Å². The van der Waals surface area contributed by atoms with E-state index >= 15 is 0 Å². The van der Waals surface area contributed by atoms with Crippen LogP contribution >= 0.6 is 0 Å². The lowest BCUT2D eigenvalue weighted by molar-refractivity contribution is -0.144. The molecule has 0 spiro atoms. The molecule has 0 aliphatic carbocycles. The van der Waals surface area contributed by atoms with E-state index in [4.69, 9.17) is 0 Å². The molecule has 0 aliphatic heterocycles. The lowest BCUT2D eigenvalue weighted by Crippen LogP contribution is -2.14. The number of hydrogen-bond donors (Lipinski definition) is 0. The van der Waals surface area contributed by atoms with Gasteiger partial charge in [0, 0.05) is 6.07 Å². The van der Waals surface area contributed by atoms with Gasteiger partial charge in [0.05, 0.1) is 20.0 Å². The molecule has 7 nitrogen and oxygen atoms in total. The summed E-state index contributed by atoms with van der Waals surface area (Å²) in [7, 11) is -4.54. The Bertz CT molecular complexity index is 715. The van der Waals surface area contributed by atoms with Crippen LogP contribution in [-0.2, 0) is 24.4 Å². The molecule has 22 heavy (non-hydrogen) atoms. The largest absolute Gasteiger partial charge is 0.744 e. The first-order chi connectivity index (χ1) is 10.1. The summed E-state index contributed by atoms with van der Waals surface area (Å²) in [6, 6.07) is 0.0409. The number of hydrogen-bond acceptors (Lipinski definition) is 7. The van der Waals surface area contributed by atoms with E-state index in [0.717, 1.165) is 7.11 Å². The van der Waals surface area contributed by atoms with Crippen molar-refractivity contribution in [2.75, 3.05) is 7.11 Å². The molecule has 0 fully saturated rings. The zero-order chi connectivity index (χ0) is 17.1. The van der Waals surface area contributed by atoms with Gasteiger partial charge >= 0.3 is 11.9 Å². The van der Waals surface area contributed by atoms with Gasteiger partial charge in [0.1, 0.15) is 20.8 Å². The molecule has 0 bridgehead atoms. The van der Waals surface area contributed by atoms with E-state index in [2.05, 4.69) is 9.47 Å². The zero-order valence-corrected chi connectivity index (χ0v) is 11.7. The van der Waals surface area contributed by atoms with Crippen LogP contribution in [0.1, 0.15) is 12.8 Å². The van der Waals surface area contributed by atoms with E-state index in [1.807, 2.05) is 0 Å². The first-order valence-corrected chi connectivity index (χ1v) is 6.89. The number of esters is 2. The van der Waals surface area contributed by atoms with Crippen molar-refractivity contribution < 1.29 is 45.2 Å². The van der Waals surface area contributed by atoms with Crippen LogP contribution in [0.4, 0.5) is 13.2 Å². The Labute approximate surface area is 122 Å². The van der Waals surface area contributed by atoms with Crippen molar-refractivity contribution in [2.24, 2.45) is 0 Å². The molecule has 0 aromatic heterocycles. The van der Waals surface area contributed by atoms with Gasteiger partial charge in [-0.2, -0.15) is 4.39 Å². The Morgan fingerprint density at radius 1 is 1.14 bits per heavy atom. The first-order valence-electron chi connectivity index (χ1n) is 5.48. The van der Waals surface area contributed by atoms with E-state index in [1.54, 1.807) is 0 Å². The van der Waals surface area contributed by atoms with Crippen molar-refractivity contribution in [1.29, 1.82) is 0 Å². The second kappa shape index (κ2) is 6.75. The lowest BCUT2D eigenvalue weighted by atomic mass is 10.3. The van der Waals surface area contributed by atoms with Crippen LogP contribution in [0.5, 0.6) is 5.75 Å². The molecule has 0 aliphatic rings. The van der Waals surface area contributed by atoms with Gasteiger partial charge in [0.25, 0.3) is 0 Å². The molecule has 122 valence electrons. The topological polar surface area (TPSA) is 110 Å². The molecule has 0 unspecified atom stereocenters. The smallest absolute Gasteiger partial charge is 0.311 e. The molecule has 0 saturated carbocycles. The average molecular weight is 341 g/mol. The van der Waals surface area contributed by atoms with Gasteiger partial charge in [-0.05, 0) is 0 Å². The fourth-order valence-corrected chi connectivity index (χ4v) is 1.95. The highest BCUT2D eigenvalue weighted by Crippen LogP contribution is 2.28. The maximum absolute atomic E-state index is 13.5. The molecule has 0 atom stereocenters. The minimum absolute atomic E-state index is 0.0409. The molecule has 1 rings (SSSR count). The number of rotatable bonds is 5. The minimum Gasteiger partial charge on any atom is -0.744 e. The third kappa shape index (κ3) is 4.18. The summed E-state index contributed by atoms with van der Waals surface area (Å²) in [6.07, 6.45) is -0.994. The molecule has 11 heteroatoms. The molecule has 0 amide bonds. The van der Waals surface area contributed by atoms with E-state index in [1.165, 1.54) is 0 Å². The normalized spacial score (nSPS) is 11.1. The highest BCUT2D eigenvalue weighted by Gasteiger charge is 2.25. The predicted molar refractivity (Wildman–Crippen MR) is 61.2 cm³/mol. The Morgan fingerprint density at radius 3 is 2.18 bits per heavy atom. The third-order valence-electron chi connectivity index (χ3n) is 2.32. The van der Waals surface area contributed by atoms with Crippen molar-refractivity contribution in [3.05, 3.63) is 23.5 Å². The Balaban J connectivity index is 3.04. The van der Waals surface area contributed by atoms with Crippen LogP contribution in [0.2, 0.25) is 0 Å². The predicted octanol–water partition coefficient (Wildman–Crippen LogP) is 0.867. The minimum atomic E-state index is -5.60. The summed E-state index contributed by atoms with van der Waals surface area (Å²) >= 11 is 0. The number of benzene rings is 1. The summed E-state index contributed by atoms with van der Waals surface area (Å²) in [5, 5.41) is 0. The van der Waals surface area contributed by atoms with Crippen molar-refractivity contribution in [2.45, 2.75) is 17.7 Å². The summed E-state index contributed by atoms with van der Waals surface area (Å²) in [5.41, 5.74) is 0. The number of ether oxygens (including phenoxy) is 2. The van der Waals surface area contributed by atoms with Gasteiger partial charge in [-0.25, -0.2) is 17.2 Å². The van der Waals surface area contributed by atoms with E-state index in [9.17, 15) is 35.7 Å². The van der Waals surface area contributed by atoms with Crippen LogP contribution < -0.4 is 4.74 Å². The maximum atomic E-state index is 13.5. The standard InChI is InChI=1S/C11H9F3O7S/c1-20-7(15)2-3-8(16)21-6-4-5(12)11(22(17,18)19)10(14)9(6)13/h4H,2-3H2,1H3,(H,17,18,19)/p-1. The molecule has 0 N–H and O–H groups in total. The molecule has 0 radical (unpaired) electrons. The highest BCUT2D eigenvalue weighted by molar-refractivity contribution is 7.85. The van der Waals surface area contributed by atoms with Gasteiger partial charge in [-0.1, -0.05) is 0 Å². The number of halogens is 3. The molecule has 1 aromatic carbocycles. The van der Waals surface area contributed by atoms with Crippen LogP contribution in [-0.4, -0.2) is 32.0 Å². The first kappa shape index (κ1) is 17.9. The summed E-state index contributed by atoms with van der Waals surface area (Å²) in [6.45, 7) is 0. The SMILES string of the molecule is COC(=O)CCC(=O)Oc1cc(F)c(S(=O)(=O)[O-])c(F)c1F. The van der Waals surface area contributed by atoms with E-state index in [0.29, 0.717) is 0 Å². The van der Waals surface area contributed by atoms with Gasteiger partial charge in [0.2, 0.25) is 5.82 Å². The van der Waals surface area contributed by atoms with Gasteiger partial charge in [-0.15, -0.1) is 0 Å². The van der Waals surface area contributed by atoms with Crippen LogP contribution in [0, 0.1) is 17.5 Å². The summed E-state index contributed by atoms with van der Waals surface area (Å²) in [4.78, 5) is 20.0. The zero-order valence-electron chi connectivity index (χ0n) is 10.9. The lowest BCUT2D eigenvalue weighted by Gasteiger charge is -2.12. The number of methoxy groups -OCH3 is 1. The quantitative estimate of drug-likeness (QED) is 0.338. The summed E-state index contributed by atoms with van der Waals surface area (Å²) < 4.78 is 80.5.